The fourth-order valence-corrected chi connectivity index (χ4v) is 15.2. The predicted octanol–water partition coefficient (Wildman–Crippen LogP) is 6.71. The van der Waals surface area contributed by atoms with Gasteiger partial charge in [-0.15, -0.1) is 0 Å². The standard InChI is InChI=1S/C34H38NO2P2/c1-34(2,3)39(30-20-12-6-13-21-30,31-22-14-7-15-23-31)32-24-27(35(25-32)33(36)37)26-38(28-16-8-4-9-17-28)29-18-10-5-11-19-29/h4-23,27,32H,24-26H2,1-3H3,(H,36,37)/t27-,32-/m0/s1. The van der Waals surface area contributed by atoms with E-state index in [1.165, 1.54) is 21.2 Å². The van der Waals surface area contributed by atoms with Crippen molar-refractivity contribution in [3.63, 3.8) is 0 Å². The van der Waals surface area contributed by atoms with E-state index in [4.69, 9.17) is 0 Å². The maximum Gasteiger partial charge on any atom is 0.407 e. The Labute approximate surface area is 235 Å². The molecule has 0 aliphatic carbocycles. The van der Waals surface area contributed by atoms with Gasteiger partial charge in [0.05, 0.1) is 0 Å². The summed E-state index contributed by atoms with van der Waals surface area (Å²) in [5.74, 6) is 0. The Hall–Kier alpha value is -2.99. The third-order valence-corrected chi connectivity index (χ3v) is 16.5. The average Bonchev–Trinajstić information content (AvgIpc) is 3.38. The summed E-state index contributed by atoms with van der Waals surface area (Å²) in [6.45, 7) is 7.65. The number of carboxylic acid groups (broad SMARTS) is 1. The van der Waals surface area contributed by atoms with E-state index in [-0.39, 0.29) is 16.9 Å². The molecule has 0 spiro atoms. The molecule has 39 heavy (non-hydrogen) atoms. The molecule has 5 rings (SSSR count). The predicted molar refractivity (Wildman–Crippen MR) is 170 cm³/mol. The van der Waals surface area contributed by atoms with Crippen molar-refractivity contribution in [3.8, 4) is 0 Å². The molecule has 4 aromatic carbocycles. The summed E-state index contributed by atoms with van der Waals surface area (Å²) < 4.78 is 0. The zero-order valence-electron chi connectivity index (χ0n) is 23.0. The Balaban J connectivity index is 1.60. The summed E-state index contributed by atoms with van der Waals surface area (Å²) in [6.07, 6.45) is 0.909. The second kappa shape index (κ2) is 11.6. The van der Waals surface area contributed by atoms with E-state index < -0.39 is 21.3 Å². The van der Waals surface area contributed by atoms with Gasteiger partial charge in [-0.3, -0.25) is 0 Å². The first kappa shape index (κ1) is 27.6. The lowest BCUT2D eigenvalue weighted by atomic mass is 10.2. The zero-order valence-corrected chi connectivity index (χ0v) is 24.8. The quantitative estimate of drug-likeness (QED) is 0.258. The molecule has 1 aliphatic rings. The van der Waals surface area contributed by atoms with Crippen molar-refractivity contribution in [2.24, 2.45) is 0 Å². The normalized spacial score (nSPS) is 17.9. The van der Waals surface area contributed by atoms with Gasteiger partial charge in [0.1, 0.15) is 0 Å². The van der Waals surface area contributed by atoms with Crippen molar-refractivity contribution < 1.29 is 9.90 Å². The molecule has 201 valence electrons. The van der Waals surface area contributed by atoms with Crippen molar-refractivity contribution >= 4 is 42.5 Å². The summed E-state index contributed by atoms with van der Waals surface area (Å²) in [5.41, 5.74) is 0.242. The van der Waals surface area contributed by atoms with Gasteiger partial charge in [0.2, 0.25) is 0 Å². The van der Waals surface area contributed by atoms with E-state index in [0.29, 0.717) is 6.54 Å². The Morgan fingerprint density at radius 3 is 1.56 bits per heavy atom. The van der Waals surface area contributed by atoms with Crippen LogP contribution in [0.3, 0.4) is 0 Å². The van der Waals surface area contributed by atoms with Crippen LogP contribution >= 0.6 is 15.2 Å². The SMILES string of the molecule is CC(C)(C)[P](c1ccccc1)(c1ccccc1)[C@H]1C[C@@H](CP(c2ccccc2)c2ccccc2)N(C(=O)O)C1. The van der Waals surface area contributed by atoms with Gasteiger partial charge < -0.3 is 10.0 Å². The smallest absolute Gasteiger partial charge is 0.407 e. The fourth-order valence-electron chi connectivity index (χ4n) is 6.59. The molecule has 3 nitrogen and oxygen atoms in total. The monoisotopic (exact) mass is 554 g/mol. The Morgan fingerprint density at radius 2 is 1.18 bits per heavy atom. The largest absolute Gasteiger partial charge is 0.465 e. The third-order valence-electron chi connectivity index (χ3n) is 8.10. The molecule has 2 atom stereocenters. The number of rotatable bonds is 7. The summed E-state index contributed by atoms with van der Waals surface area (Å²) in [6, 6.07) is 43.2. The second-order valence-corrected chi connectivity index (χ2v) is 18.1. The Morgan fingerprint density at radius 1 is 0.769 bits per heavy atom. The van der Waals surface area contributed by atoms with E-state index in [9.17, 15) is 9.90 Å². The van der Waals surface area contributed by atoms with Gasteiger partial charge in [-0.2, -0.15) is 0 Å². The molecule has 5 heteroatoms. The number of nitrogens with zero attached hydrogens (tertiary/aromatic N) is 1. The van der Waals surface area contributed by atoms with E-state index in [0.717, 1.165) is 12.6 Å². The van der Waals surface area contributed by atoms with Crippen LogP contribution in [0.5, 0.6) is 0 Å². The molecule has 1 N–H and O–H groups in total. The summed E-state index contributed by atoms with van der Waals surface area (Å²) in [4.78, 5) is 14.6. The van der Waals surface area contributed by atoms with Crippen molar-refractivity contribution in [1.82, 2.24) is 4.90 Å². The highest BCUT2D eigenvalue weighted by molar-refractivity contribution is 7.91. The Bertz CT molecular complexity index is 1280. The molecule has 1 aliphatic heterocycles. The minimum absolute atomic E-state index is 0.0341. The van der Waals surface area contributed by atoms with Crippen LogP contribution in [-0.4, -0.2) is 45.7 Å². The third kappa shape index (κ3) is 5.41. The first-order valence-corrected chi connectivity index (χ1v) is 17.1. The molecule has 0 aromatic heterocycles. The lowest BCUT2D eigenvalue weighted by Crippen LogP contribution is -2.44. The molecule has 0 saturated carbocycles. The molecule has 0 bridgehead atoms. The first-order valence-electron chi connectivity index (χ1n) is 13.7. The van der Waals surface area contributed by atoms with Gasteiger partial charge in [0.25, 0.3) is 0 Å². The van der Waals surface area contributed by atoms with Crippen LogP contribution < -0.4 is 21.2 Å². The van der Waals surface area contributed by atoms with Gasteiger partial charge in [0, 0.05) is 18.2 Å². The minimum atomic E-state index is -2.03. The fraction of sp³-hybridized carbons (Fsp3) is 0.265. The van der Waals surface area contributed by atoms with Gasteiger partial charge in [-0.1, -0.05) is 149 Å². The van der Waals surface area contributed by atoms with E-state index in [1.807, 2.05) is 0 Å². The summed E-state index contributed by atoms with van der Waals surface area (Å²) in [5, 5.41) is 15.8. The van der Waals surface area contributed by atoms with Crippen molar-refractivity contribution in [1.29, 1.82) is 0 Å². The maximum atomic E-state index is 12.8. The van der Waals surface area contributed by atoms with Crippen LogP contribution in [0.15, 0.2) is 121 Å². The zero-order chi connectivity index (χ0) is 27.5. The lowest BCUT2D eigenvalue weighted by Gasteiger charge is -2.52. The highest BCUT2D eigenvalue weighted by Gasteiger charge is 2.53. The highest BCUT2D eigenvalue weighted by Crippen LogP contribution is 2.72. The minimum Gasteiger partial charge on any atom is -0.465 e. The molecule has 1 radical (unpaired) electrons. The van der Waals surface area contributed by atoms with Gasteiger partial charge >= 0.3 is 6.09 Å². The van der Waals surface area contributed by atoms with Crippen LogP contribution in [0.1, 0.15) is 27.2 Å². The van der Waals surface area contributed by atoms with Gasteiger partial charge in [-0.25, -0.2) is 4.79 Å². The van der Waals surface area contributed by atoms with Crippen molar-refractivity contribution in [2.45, 2.75) is 44.0 Å². The van der Waals surface area contributed by atoms with Crippen LogP contribution in [0.2, 0.25) is 0 Å². The number of benzene rings is 4. The molecule has 1 heterocycles. The van der Waals surface area contributed by atoms with Gasteiger partial charge in [-0.05, 0) is 46.9 Å². The van der Waals surface area contributed by atoms with Crippen molar-refractivity contribution in [3.05, 3.63) is 121 Å². The molecule has 4 aromatic rings. The number of likely N-dealkylation sites (tertiary alicyclic amines) is 1. The van der Waals surface area contributed by atoms with Crippen molar-refractivity contribution in [2.75, 3.05) is 12.7 Å². The van der Waals surface area contributed by atoms with Crippen LogP contribution in [0.4, 0.5) is 4.79 Å². The Kier molecular flexibility index (Phi) is 8.22. The van der Waals surface area contributed by atoms with E-state index in [2.05, 4.69) is 142 Å². The lowest BCUT2D eigenvalue weighted by molar-refractivity contribution is 0.144. The molecule has 1 amide bonds. The highest BCUT2D eigenvalue weighted by atomic mass is 31.2. The van der Waals surface area contributed by atoms with E-state index in [1.54, 1.807) is 4.90 Å². The summed E-state index contributed by atoms with van der Waals surface area (Å²) in [7, 11) is -2.73. The summed E-state index contributed by atoms with van der Waals surface area (Å²) >= 11 is 0. The molecule has 1 saturated heterocycles. The maximum absolute atomic E-state index is 12.8. The van der Waals surface area contributed by atoms with Crippen LogP contribution in [-0.2, 0) is 0 Å². The second-order valence-electron chi connectivity index (χ2n) is 11.3. The number of amides is 1. The molecule has 0 unspecified atom stereocenters. The molecule has 1 fully saturated rings. The van der Waals surface area contributed by atoms with Gasteiger partial charge in [0.15, 0.2) is 0 Å². The topological polar surface area (TPSA) is 40.5 Å². The van der Waals surface area contributed by atoms with E-state index >= 15 is 0 Å². The molecular weight excluding hydrogens is 516 g/mol. The van der Waals surface area contributed by atoms with Crippen LogP contribution in [0, 0.1) is 0 Å². The number of hydrogen-bond donors (Lipinski definition) is 1. The molecular formula is C34H38NO2P2. The number of carbonyl (C=O) groups is 1. The first-order chi connectivity index (χ1) is 18.8. The number of hydrogen-bond acceptors (Lipinski definition) is 1. The average molecular weight is 555 g/mol. The van der Waals surface area contributed by atoms with Crippen LogP contribution in [0.25, 0.3) is 0 Å².